The molecule has 1 aliphatic heterocycles. The Morgan fingerprint density at radius 3 is 2.69 bits per heavy atom. The van der Waals surface area contributed by atoms with E-state index >= 15 is 0 Å². The summed E-state index contributed by atoms with van der Waals surface area (Å²) < 4.78 is 2.91. The molecule has 1 aromatic heterocycles. The number of hydrogen-bond acceptors (Lipinski definition) is 3. The first-order valence-electron chi connectivity index (χ1n) is 8.51. The van der Waals surface area contributed by atoms with E-state index in [0.717, 1.165) is 12.1 Å². The van der Waals surface area contributed by atoms with Crippen LogP contribution in [-0.2, 0) is 11.3 Å². The second kappa shape index (κ2) is 6.74. The van der Waals surface area contributed by atoms with Gasteiger partial charge in [-0.2, -0.15) is 0 Å². The lowest BCUT2D eigenvalue weighted by molar-refractivity contribution is -0.121. The third-order valence-electron chi connectivity index (χ3n) is 4.60. The Labute approximate surface area is 162 Å². The Hall–Kier alpha value is -2.37. The van der Waals surface area contributed by atoms with Crippen LogP contribution in [0, 0.1) is 0 Å². The fourth-order valence-corrected chi connectivity index (χ4v) is 4.71. The standard InChI is InChI=1S/C21H18N2OS2/c1-3-11-23-20(24)19(26-21(23)25)13-14-9-10-18-16(12-14)15-7-5-6-8-17(15)22(18)4-2/h3,5-10,12-13H,1,4,11H2,2H3/b19-13+. The number of thiocarbonyl (C=S) groups is 1. The van der Waals surface area contributed by atoms with Gasteiger partial charge in [-0.05, 0) is 36.8 Å². The van der Waals surface area contributed by atoms with Crippen LogP contribution in [0.3, 0.4) is 0 Å². The van der Waals surface area contributed by atoms with Gasteiger partial charge >= 0.3 is 0 Å². The highest BCUT2D eigenvalue weighted by atomic mass is 32.2. The molecule has 2 aromatic carbocycles. The number of aromatic nitrogens is 1. The zero-order valence-corrected chi connectivity index (χ0v) is 16.1. The first kappa shape index (κ1) is 17.1. The molecule has 5 heteroatoms. The zero-order valence-electron chi connectivity index (χ0n) is 14.4. The molecule has 0 N–H and O–H groups in total. The van der Waals surface area contributed by atoms with Gasteiger partial charge in [0, 0.05) is 34.9 Å². The molecule has 1 amide bonds. The van der Waals surface area contributed by atoms with Crippen molar-refractivity contribution in [1.29, 1.82) is 0 Å². The Bertz CT molecular complexity index is 1090. The van der Waals surface area contributed by atoms with E-state index in [1.54, 1.807) is 11.0 Å². The van der Waals surface area contributed by atoms with Crippen LogP contribution in [0.1, 0.15) is 12.5 Å². The summed E-state index contributed by atoms with van der Waals surface area (Å²) >= 11 is 6.66. The highest BCUT2D eigenvalue weighted by molar-refractivity contribution is 8.26. The molecule has 1 aliphatic rings. The minimum atomic E-state index is -0.0454. The molecule has 0 atom stereocenters. The largest absolute Gasteiger partial charge is 0.341 e. The molecule has 0 radical (unpaired) electrons. The average Bonchev–Trinajstić information content (AvgIpc) is 3.11. The highest BCUT2D eigenvalue weighted by Crippen LogP contribution is 2.34. The van der Waals surface area contributed by atoms with Gasteiger partial charge < -0.3 is 4.57 Å². The number of carbonyl (C=O) groups is 1. The summed E-state index contributed by atoms with van der Waals surface area (Å²) in [5.41, 5.74) is 3.46. The van der Waals surface area contributed by atoms with Crippen molar-refractivity contribution < 1.29 is 4.79 Å². The van der Waals surface area contributed by atoms with E-state index in [4.69, 9.17) is 12.2 Å². The number of fused-ring (bicyclic) bond motifs is 3. The van der Waals surface area contributed by atoms with Gasteiger partial charge in [0.05, 0.1) is 4.91 Å². The number of thioether (sulfide) groups is 1. The SMILES string of the molecule is C=CCN1C(=O)/C(=C\c2ccc3c(c2)c2ccccc2n3CC)SC1=S. The molecule has 1 saturated heterocycles. The molecule has 130 valence electrons. The summed E-state index contributed by atoms with van der Waals surface area (Å²) in [4.78, 5) is 14.8. The molecule has 0 unspecified atom stereocenters. The lowest BCUT2D eigenvalue weighted by atomic mass is 10.1. The number of nitrogens with zero attached hydrogens (tertiary/aromatic N) is 2. The molecule has 1 fully saturated rings. The van der Waals surface area contributed by atoms with Crippen LogP contribution in [0.2, 0.25) is 0 Å². The maximum atomic E-state index is 12.5. The first-order chi connectivity index (χ1) is 12.6. The van der Waals surface area contributed by atoms with Crippen molar-refractivity contribution in [3.05, 3.63) is 65.6 Å². The first-order valence-corrected chi connectivity index (χ1v) is 9.73. The molecule has 0 bridgehead atoms. The number of aryl methyl sites for hydroxylation is 1. The predicted molar refractivity (Wildman–Crippen MR) is 115 cm³/mol. The summed E-state index contributed by atoms with van der Waals surface area (Å²) in [6, 6.07) is 14.8. The van der Waals surface area contributed by atoms with Gasteiger partial charge in [0.25, 0.3) is 5.91 Å². The molecule has 0 aliphatic carbocycles. The summed E-state index contributed by atoms with van der Waals surface area (Å²) in [7, 11) is 0. The van der Waals surface area contributed by atoms with E-state index in [-0.39, 0.29) is 5.91 Å². The third-order valence-corrected chi connectivity index (χ3v) is 5.97. The van der Waals surface area contributed by atoms with E-state index in [0.29, 0.717) is 15.8 Å². The smallest absolute Gasteiger partial charge is 0.266 e. The summed E-state index contributed by atoms with van der Waals surface area (Å²) in [6.07, 6.45) is 3.62. The number of benzene rings is 2. The number of carbonyl (C=O) groups excluding carboxylic acids is 1. The maximum absolute atomic E-state index is 12.5. The fourth-order valence-electron chi connectivity index (χ4n) is 3.44. The molecule has 3 aromatic rings. The molecule has 0 saturated carbocycles. The lowest BCUT2D eigenvalue weighted by Crippen LogP contribution is -2.27. The Kier molecular flexibility index (Phi) is 4.42. The van der Waals surface area contributed by atoms with Crippen LogP contribution in [0.15, 0.2) is 60.0 Å². The maximum Gasteiger partial charge on any atom is 0.266 e. The van der Waals surface area contributed by atoms with Crippen molar-refractivity contribution in [2.24, 2.45) is 0 Å². The predicted octanol–water partition coefficient (Wildman–Crippen LogP) is 5.20. The summed E-state index contributed by atoms with van der Waals surface area (Å²) in [6.45, 7) is 7.22. The summed E-state index contributed by atoms with van der Waals surface area (Å²) in [5.74, 6) is -0.0454. The minimum absolute atomic E-state index is 0.0454. The van der Waals surface area contributed by atoms with Crippen molar-refractivity contribution in [3.63, 3.8) is 0 Å². The van der Waals surface area contributed by atoms with E-state index < -0.39 is 0 Å². The van der Waals surface area contributed by atoms with Crippen molar-refractivity contribution in [2.45, 2.75) is 13.5 Å². The van der Waals surface area contributed by atoms with Gasteiger partial charge in [-0.3, -0.25) is 9.69 Å². The molecule has 4 rings (SSSR count). The monoisotopic (exact) mass is 378 g/mol. The summed E-state index contributed by atoms with van der Waals surface area (Å²) in [5, 5.41) is 2.44. The number of hydrogen-bond donors (Lipinski definition) is 0. The Morgan fingerprint density at radius 2 is 1.92 bits per heavy atom. The van der Waals surface area contributed by atoms with Crippen LogP contribution < -0.4 is 0 Å². The van der Waals surface area contributed by atoms with Crippen molar-refractivity contribution in [2.75, 3.05) is 6.54 Å². The normalized spacial score (nSPS) is 16.3. The Balaban J connectivity index is 1.82. The van der Waals surface area contributed by atoms with Crippen LogP contribution in [0.25, 0.3) is 27.9 Å². The second-order valence-electron chi connectivity index (χ2n) is 6.12. The minimum Gasteiger partial charge on any atom is -0.341 e. The third kappa shape index (κ3) is 2.68. The molecular formula is C21H18N2OS2. The van der Waals surface area contributed by atoms with E-state index in [9.17, 15) is 4.79 Å². The van der Waals surface area contributed by atoms with Crippen molar-refractivity contribution >= 4 is 62.1 Å². The van der Waals surface area contributed by atoms with E-state index in [1.165, 1.54) is 33.6 Å². The van der Waals surface area contributed by atoms with E-state index in [1.807, 2.05) is 6.08 Å². The van der Waals surface area contributed by atoms with Crippen molar-refractivity contribution in [3.8, 4) is 0 Å². The van der Waals surface area contributed by atoms with E-state index in [2.05, 4.69) is 60.5 Å². The quantitative estimate of drug-likeness (QED) is 0.354. The lowest BCUT2D eigenvalue weighted by Gasteiger charge is -2.10. The fraction of sp³-hybridized carbons (Fsp3) is 0.143. The molecular weight excluding hydrogens is 360 g/mol. The average molecular weight is 379 g/mol. The second-order valence-corrected chi connectivity index (χ2v) is 7.79. The van der Waals surface area contributed by atoms with Gasteiger partial charge in [0.2, 0.25) is 0 Å². The highest BCUT2D eigenvalue weighted by Gasteiger charge is 2.30. The van der Waals surface area contributed by atoms with Gasteiger partial charge in [-0.15, -0.1) is 6.58 Å². The van der Waals surface area contributed by atoms with Gasteiger partial charge in [-0.1, -0.05) is 54.3 Å². The molecule has 26 heavy (non-hydrogen) atoms. The van der Waals surface area contributed by atoms with Crippen LogP contribution in [-0.4, -0.2) is 26.2 Å². The number of amides is 1. The van der Waals surface area contributed by atoms with Crippen LogP contribution in [0.5, 0.6) is 0 Å². The zero-order chi connectivity index (χ0) is 18.3. The Morgan fingerprint density at radius 1 is 1.15 bits per heavy atom. The molecule has 2 heterocycles. The van der Waals surface area contributed by atoms with Gasteiger partial charge in [-0.25, -0.2) is 0 Å². The number of para-hydroxylation sites is 1. The van der Waals surface area contributed by atoms with Crippen LogP contribution in [0.4, 0.5) is 0 Å². The van der Waals surface area contributed by atoms with Gasteiger partial charge in [0.15, 0.2) is 0 Å². The molecule has 0 spiro atoms. The number of rotatable bonds is 4. The molecule has 3 nitrogen and oxygen atoms in total. The van der Waals surface area contributed by atoms with Crippen LogP contribution >= 0.6 is 24.0 Å². The topological polar surface area (TPSA) is 25.2 Å². The van der Waals surface area contributed by atoms with Crippen molar-refractivity contribution in [1.82, 2.24) is 9.47 Å². The van der Waals surface area contributed by atoms with Gasteiger partial charge in [0.1, 0.15) is 4.32 Å².